The molecule has 0 aromatic carbocycles. The molecule has 0 amide bonds. The number of aromatic nitrogens is 1. The lowest BCUT2D eigenvalue weighted by Crippen LogP contribution is -2.31. The number of nitrogens with zero attached hydrogens (tertiary/aromatic N) is 2. The molecule has 1 atom stereocenters. The molecular weight excluding hydrogens is 196 g/mol. The van der Waals surface area contributed by atoms with Gasteiger partial charge in [-0.15, -0.1) is 0 Å². The molecule has 1 aromatic rings. The molecule has 0 saturated carbocycles. The van der Waals surface area contributed by atoms with Crippen molar-refractivity contribution in [2.75, 3.05) is 13.1 Å². The lowest BCUT2D eigenvalue weighted by atomic mass is 9.93. The van der Waals surface area contributed by atoms with E-state index >= 15 is 0 Å². The summed E-state index contributed by atoms with van der Waals surface area (Å²) < 4.78 is 0. The van der Waals surface area contributed by atoms with Crippen LogP contribution in [-0.2, 0) is 0 Å². The van der Waals surface area contributed by atoms with Crippen molar-refractivity contribution in [3.63, 3.8) is 0 Å². The van der Waals surface area contributed by atoms with Gasteiger partial charge in [0.25, 0.3) is 0 Å². The molecular formula is C14H22N2. The zero-order valence-corrected chi connectivity index (χ0v) is 10.4. The molecule has 88 valence electrons. The third-order valence-corrected chi connectivity index (χ3v) is 3.67. The zero-order valence-electron chi connectivity index (χ0n) is 10.4. The fourth-order valence-electron chi connectivity index (χ4n) is 2.60. The Bertz CT molecular complexity index is 308. The average molecular weight is 218 g/mol. The van der Waals surface area contributed by atoms with E-state index in [9.17, 15) is 0 Å². The van der Waals surface area contributed by atoms with Gasteiger partial charge in [-0.3, -0.25) is 4.98 Å². The lowest BCUT2D eigenvalue weighted by Gasteiger charge is -2.24. The van der Waals surface area contributed by atoms with E-state index < -0.39 is 0 Å². The van der Waals surface area contributed by atoms with Crippen molar-refractivity contribution in [2.24, 2.45) is 0 Å². The highest BCUT2D eigenvalue weighted by Gasteiger charge is 2.19. The standard InChI is InChI=1S/C14H22N2/c1-12(2)16-10-3-4-13(7-11-16)14-5-8-15-9-6-14/h5-6,8-9,12-13H,3-4,7,10-11H2,1-2H3. The van der Waals surface area contributed by atoms with E-state index in [1.54, 1.807) is 0 Å². The summed E-state index contributed by atoms with van der Waals surface area (Å²) in [5, 5.41) is 0. The number of likely N-dealkylation sites (tertiary alicyclic amines) is 1. The summed E-state index contributed by atoms with van der Waals surface area (Å²) in [7, 11) is 0. The van der Waals surface area contributed by atoms with Gasteiger partial charge in [-0.2, -0.15) is 0 Å². The van der Waals surface area contributed by atoms with E-state index in [1.165, 1.54) is 37.9 Å². The first-order valence-corrected chi connectivity index (χ1v) is 6.41. The molecule has 1 aliphatic heterocycles. The molecule has 1 aromatic heterocycles. The van der Waals surface area contributed by atoms with Crippen LogP contribution in [0.5, 0.6) is 0 Å². The van der Waals surface area contributed by atoms with Crippen LogP contribution in [0.2, 0.25) is 0 Å². The van der Waals surface area contributed by atoms with Gasteiger partial charge in [0.15, 0.2) is 0 Å². The normalized spacial score (nSPS) is 23.3. The fourth-order valence-corrected chi connectivity index (χ4v) is 2.60. The van der Waals surface area contributed by atoms with Gasteiger partial charge in [0.2, 0.25) is 0 Å². The van der Waals surface area contributed by atoms with Gasteiger partial charge in [-0.25, -0.2) is 0 Å². The highest BCUT2D eigenvalue weighted by Crippen LogP contribution is 2.27. The van der Waals surface area contributed by atoms with Crippen LogP contribution >= 0.6 is 0 Å². The summed E-state index contributed by atoms with van der Waals surface area (Å²) in [6.45, 7) is 7.10. The SMILES string of the molecule is CC(C)N1CCCC(c2ccncc2)CC1. The summed E-state index contributed by atoms with van der Waals surface area (Å²) >= 11 is 0. The summed E-state index contributed by atoms with van der Waals surface area (Å²) in [6.07, 6.45) is 7.78. The number of pyridine rings is 1. The Balaban J connectivity index is 1.99. The van der Waals surface area contributed by atoms with Gasteiger partial charge in [-0.05, 0) is 69.8 Å². The molecule has 1 unspecified atom stereocenters. The molecule has 2 heterocycles. The Morgan fingerprint density at radius 2 is 1.94 bits per heavy atom. The average Bonchev–Trinajstić information content (AvgIpc) is 2.55. The second kappa shape index (κ2) is 5.44. The predicted molar refractivity (Wildman–Crippen MR) is 67.5 cm³/mol. The van der Waals surface area contributed by atoms with Crippen molar-refractivity contribution in [3.8, 4) is 0 Å². The molecule has 2 nitrogen and oxygen atoms in total. The molecule has 0 radical (unpaired) electrons. The quantitative estimate of drug-likeness (QED) is 0.758. The molecule has 1 aliphatic rings. The van der Waals surface area contributed by atoms with Crippen molar-refractivity contribution >= 4 is 0 Å². The second-order valence-electron chi connectivity index (χ2n) is 5.04. The molecule has 0 bridgehead atoms. The predicted octanol–water partition coefficient (Wildman–Crippen LogP) is 3.06. The summed E-state index contributed by atoms with van der Waals surface area (Å²) in [6, 6.07) is 5.04. The molecule has 0 spiro atoms. The Morgan fingerprint density at radius 3 is 2.62 bits per heavy atom. The van der Waals surface area contributed by atoms with Crippen molar-refractivity contribution in [1.29, 1.82) is 0 Å². The molecule has 16 heavy (non-hydrogen) atoms. The van der Waals surface area contributed by atoms with E-state index in [1.807, 2.05) is 12.4 Å². The first kappa shape index (κ1) is 11.6. The highest BCUT2D eigenvalue weighted by molar-refractivity contribution is 5.16. The zero-order chi connectivity index (χ0) is 11.4. The van der Waals surface area contributed by atoms with Crippen LogP contribution in [-0.4, -0.2) is 29.0 Å². The Morgan fingerprint density at radius 1 is 1.19 bits per heavy atom. The van der Waals surface area contributed by atoms with Gasteiger partial charge in [0, 0.05) is 18.4 Å². The fraction of sp³-hybridized carbons (Fsp3) is 0.643. The summed E-state index contributed by atoms with van der Waals surface area (Å²) in [5.74, 6) is 0.742. The topological polar surface area (TPSA) is 16.1 Å². The van der Waals surface area contributed by atoms with Crippen molar-refractivity contribution in [1.82, 2.24) is 9.88 Å². The van der Waals surface area contributed by atoms with Crippen molar-refractivity contribution in [3.05, 3.63) is 30.1 Å². The largest absolute Gasteiger partial charge is 0.301 e. The first-order valence-electron chi connectivity index (χ1n) is 6.41. The first-order chi connectivity index (χ1) is 7.77. The van der Waals surface area contributed by atoms with Gasteiger partial charge < -0.3 is 4.90 Å². The smallest absolute Gasteiger partial charge is 0.0270 e. The van der Waals surface area contributed by atoms with Gasteiger partial charge >= 0.3 is 0 Å². The molecule has 1 fully saturated rings. The maximum absolute atomic E-state index is 4.10. The third kappa shape index (κ3) is 2.82. The number of hydrogen-bond donors (Lipinski definition) is 0. The van der Waals surface area contributed by atoms with Gasteiger partial charge in [0.1, 0.15) is 0 Å². The monoisotopic (exact) mass is 218 g/mol. The van der Waals surface area contributed by atoms with Crippen molar-refractivity contribution in [2.45, 2.75) is 45.1 Å². The molecule has 1 saturated heterocycles. The summed E-state index contributed by atoms with van der Waals surface area (Å²) in [4.78, 5) is 6.69. The maximum Gasteiger partial charge on any atom is 0.0270 e. The van der Waals surface area contributed by atoms with Crippen LogP contribution in [0, 0.1) is 0 Å². The molecule has 2 heteroatoms. The number of rotatable bonds is 2. The van der Waals surface area contributed by atoms with E-state index in [0.717, 1.165) is 5.92 Å². The van der Waals surface area contributed by atoms with Crippen LogP contribution in [0.15, 0.2) is 24.5 Å². The van der Waals surface area contributed by atoms with Gasteiger partial charge in [-0.1, -0.05) is 0 Å². The minimum absolute atomic E-state index is 0.691. The van der Waals surface area contributed by atoms with E-state index in [-0.39, 0.29) is 0 Å². The van der Waals surface area contributed by atoms with Crippen LogP contribution in [0.4, 0.5) is 0 Å². The van der Waals surface area contributed by atoms with Crippen LogP contribution in [0.25, 0.3) is 0 Å². The van der Waals surface area contributed by atoms with Crippen LogP contribution in [0.3, 0.4) is 0 Å². The third-order valence-electron chi connectivity index (χ3n) is 3.67. The number of hydrogen-bond acceptors (Lipinski definition) is 2. The Hall–Kier alpha value is -0.890. The molecule has 2 rings (SSSR count). The van der Waals surface area contributed by atoms with E-state index in [0.29, 0.717) is 6.04 Å². The minimum atomic E-state index is 0.691. The minimum Gasteiger partial charge on any atom is -0.301 e. The Labute approximate surface area is 98.7 Å². The molecule has 0 N–H and O–H groups in total. The highest BCUT2D eigenvalue weighted by atomic mass is 15.1. The summed E-state index contributed by atoms with van der Waals surface area (Å²) in [5.41, 5.74) is 1.47. The maximum atomic E-state index is 4.10. The van der Waals surface area contributed by atoms with Crippen molar-refractivity contribution < 1.29 is 0 Å². The van der Waals surface area contributed by atoms with Gasteiger partial charge in [0.05, 0.1) is 0 Å². The van der Waals surface area contributed by atoms with E-state index in [2.05, 4.69) is 35.9 Å². The second-order valence-corrected chi connectivity index (χ2v) is 5.04. The Kier molecular flexibility index (Phi) is 3.94. The van der Waals surface area contributed by atoms with Crippen LogP contribution < -0.4 is 0 Å². The van der Waals surface area contributed by atoms with E-state index in [4.69, 9.17) is 0 Å². The van der Waals surface area contributed by atoms with Crippen LogP contribution in [0.1, 0.15) is 44.6 Å². The molecule has 0 aliphatic carbocycles. The lowest BCUT2D eigenvalue weighted by molar-refractivity contribution is 0.230.